The van der Waals surface area contributed by atoms with Gasteiger partial charge in [-0.25, -0.2) is 4.79 Å². The van der Waals surface area contributed by atoms with Gasteiger partial charge in [0, 0.05) is 6.08 Å². The molecule has 1 amide bonds. The summed E-state index contributed by atoms with van der Waals surface area (Å²) in [5, 5.41) is 13.1. The summed E-state index contributed by atoms with van der Waals surface area (Å²) in [5.41, 5.74) is 1.42. The molecule has 27 heavy (non-hydrogen) atoms. The number of ether oxygens (including phenoxy) is 1. The molecule has 1 aromatic heterocycles. The van der Waals surface area contributed by atoms with E-state index < -0.39 is 11.9 Å². The minimum Gasteiger partial charge on any atom is -0.459 e. The summed E-state index contributed by atoms with van der Waals surface area (Å²) in [6, 6.07) is 6.99. The van der Waals surface area contributed by atoms with Crippen LogP contribution >= 0.6 is 34.5 Å². The van der Waals surface area contributed by atoms with Crippen LogP contribution in [0.1, 0.15) is 40.2 Å². The Morgan fingerprint density at radius 2 is 2.00 bits per heavy atom. The lowest BCUT2D eigenvalue weighted by Gasteiger charge is -2.06. The fraction of sp³-hybridized carbons (Fsp3) is 0.211. The minimum absolute atomic E-state index is 0.243. The summed E-state index contributed by atoms with van der Waals surface area (Å²) >= 11 is 12.8. The van der Waals surface area contributed by atoms with Gasteiger partial charge < -0.3 is 10.1 Å². The number of nitriles is 1. The topological polar surface area (TPSA) is 79.2 Å². The highest BCUT2D eigenvalue weighted by molar-refractivity contribution is 7.18. The number of anilines is 1. The van der Waals surface area contributed by atoms with Crippen LogP contribution in [0.25, 0.3) is 6.08 Å². The Hall–Kier alpha value is -2.33. The van der Waals surface area contributed by atoms with Gasteiger partial charge in [0.25, 0.3) is 0 Å². The summed E-state index contributed by atoms with van der Waals surface area (Å²) < 4.78 is 5.17. The van der Waals surface area contributed by atoms with Crippen molar-refractivity contribution in [1.29, 1.82) is 5.26 Å². The van der Waals surface area contributed by atoms with Gasteiger partial charge in [-0.2, -0.15) is 5.26 Å². The van der Waals surface area contributed by atoms with Crippen LogP contribution in [-0.2, 0) is 9.53 Å². The summed E-state index contributed by atoms with van der Waals surface area (Å²) in [5.74, 6) is -0.960. The van der Waals surface area contributed by atoms with Crippen LogP contribution in [0.4, 0.5) is 5.00 Å². The van der Waals surface area contributed by atoms with E-state index in [-0.39, 0.29) is 11.7 Å². The summed E-state index contributed by atoms with van der Waals surface area (Å²) in [6.45, 7) is 5.12. The maximum atomic E-state index is 12.2. The molecular formula is C19H16Cl2N2O3S. The van der Waals surface area contributed by atoms with Crippen molar-refractivity contribution in [2.24, 2.45) is 0 Å². The monoisotopic (exact) mass is 422 g/mol. The van der Waals surface area contributed by atoms with Crippen molar-refractivity contribution in [1.82, 2.24) is 0 Å². The zero-order chi connectivity index (χ0) is 20.1. The molecule has 1 N–H and O–H groups in total. The van der Waals surface area contributed by atoms with Gasteiger partial charge in [0.05, 0.1) is 21.7 Å². The average Bonchev–Trinajstić information content (AvgIpc) is 2.90. The third-order valence-corrected chi connectivity index (χ3v) is 5.32. The largest absolute Gasteiger partial charge is 0.459 e. The molecule has 0 aliphatic heterocycles. The average molecular weight is 423 g/mol. The number of carbonyl (C=O) groups excluding carboxylic acids is 2. The van der Waals surface area contributed by atoms with Crippen LogP contribution in [-0.4, -0.2) is 18.0 Å². The standard InChI is InChI=1S/C19H16Cl2N2O3S/c1-10(2)26-19(25)17-11(3)13(9-22)18(27-17)23-16(24)7-5-12-4-6-14(20)15(21)8-12/h4-8,10H,1-3H3,(H,23,24)/b7-5+. The third kappa shape index (κ3) is 5.33. The van der Waals surface area contributed by atoms with Crippen molar-refractivity contribution in [2.75, 3.05) is 5.32 Å². The van der Waals surface area contributed by atoms with E-state index in [1.807, 2.05) is 6.07 Å². The second kappa shape index (κ2) is 9.05. The molecule has 0 bridgehead atoms. The number of benzene rings is 1. The van der Waals surface area contributed by atoms with Crippen LogP contribution in [0.15, 0.2) is 24.3 Å². The van der Waals surface area contributed by atoms with Crippen molar-refractivity contribution in [3.8, 4) is 6.07 Å². The maximum absolute atomic E-state index is 12.2. The Balaban J connectivity index is 2.19. The number of amides is 1. The number of carbonyl (C=O) groups is 2. The van der Waals surface area contributed by atoms with Gasteiger partial charge in [-0.15, -0.1) is 11.3 Å². The molecule has 0 aliphatic rings. The van der Waals surface area contributed by atoms with Crippen molar-refractivity contribution >= 4 is 57.5 Å². The van der Waals surface area contributed by atoms with Crippen molar-refractivity contribution in [3.63, 3.8) is 0 Å². The van der Waals surface area contributed by atoms with Crippen LogP contribution in [0.2, 0.25) is 10.0 Å². The molecule has 0 radical (unpaired) electrons. The first-order valence-electron chi connectivity index (χ1n) is 7.91. The molecule has 1 heterocycles. The molecule has 0 fully saturated rings. The molecule has 1 aromatic carbocycles. The van der Waals surface area contributed by atoms with Gasteiger partial charge in [0.15, 0.2) is 0 Å². The van der Waals surface area contributed by atoms with Gasteiger partial charge in [-0.3, -0.25) is 4.79 Å². The Morgan fingerprint density at radius 1 is 1.30 bits per heavy atom. The van der Waals surface area contributed by atoms with Crippen LogP contribution in [0.5, 0.6) is 0 Å². The third-order valence-electron chi connectivity index (χ3n) is 3.39. The fourth-order valence-electron chi connectivity index (χ4n) is 2.14. The predicted molar refractivity (Wildman–Crippen MR) is 108 cm³/mol. The fourth-order valence-corrected chi connectivity index (χ4v) is 3.49. The van der Waals surface area contributed by atoms with Crippen molar-refractivity contribution in [2.45, 2.75) is 26.9 Å². The zero-order valence-electron chi connectivity index (χ0n) is 14.8. The second-order valence-electron chi connectivity index (χ2n) is 5.82. The molecule has 140 valence electrons. The normalized spacial score (nSPS) is 10.9. The molecule has 0 saturated heterocycles. The first kappa shape index (κ1) is 21.0. The van der Waals surface area contributed by atoms with Gasteiger partial charge in [-0.05, 0) is 50.1 Å². The molecule has 0 saturated carbocycles. The van der Waals surface area contributed by atoms with E-state index in [1.54, 1.807) is 45.0 Å². The molecule has 2 aromatic rings. The predicted octanol–water partition coefficient (Wildman–Crippen LogP) is 5.45. The quantitative estimate of drug-likeness (QED) is 0.512. The van der Waals surface area contributed by atoms with Gasteiger partial charge >= 0.3 is 5.97 Å². The van der Waals surface area contributed by atoms with Crippen LogP contribution in [0, 0.1) is 18.3 Å². The summed E-state index contributed by atoms with van der Waals surface area (Å²) in [4.78, 5) is 24.6. The number of esters is 1. The maximum Gasteiger partial charge on any atom is 0.348 e. The number of rotatable bonds is 5. The number of nitrogens with zero attached hydrogens (tertiary/aromatic N) is 1. The number of hydrogen-bond acceptors (Lipinski definition) is 5. The van der Waals surface area contributed by atoms with E-state index in [0.29, 0.717) is 31.1 Å². The second-order valence-corrected chi connectivity index (χ2v) is 7.66. The van der Waals surface area contributed by atoms with Gasteiger partial charge in [0.2, 0.25) is 5.91 Å². The number of halogens is 2. The highest BCUT2D eigenvalue weighted by atomic mass is 35.5. The van der Waals surface area contributed by atoms with E-state index in [2.05, 4.69) is 5.32 Å². The Labute approximate surface area is 171 Å². The minimum atomic E-state index is -0.518. The highest BCUT2D eigenvalue weighted by Gasteiger charge is 2.22. The smallest absolute Gasteiger partial charge is 0.348 e. The summed E-state index contributed by atoms with van der Waals surface area (Å²) in [6.07, 6.45) is 2.59. The van der Waals surface area contributed by atoms with E-state index in [9.17, 15) is 14.9 Å². The SMILES string of the molecule is Cc1c(C(=O)OC(C)C)sc(NC(=O)/C=C/c2ccc(Cl)c(Cl)c2)c1C#N. The molecule has 0 spiro atoms. The Morgan fingerprint density at radius 3 is 2.59 bits per heavy atom. The van der Waals surface area contributed by atoms with Gasteiger partial charge in [0.1, 0.15) is 15.9 Å². The molecular weight excluding hydrogens is 407 g/mol. The zero-order valence-corrected chi connectivity index (χ0v) is 17.1. The first-order valence-corrected chi connectivity index (χ1v) is 9.48. The molecule has 2 rings (SSSR count). The first-order chi connectivity index (χ1) is 12.7. The number of thiophene rings is 1. The lowest BCUT2D eigenvalue weighted by molar-refractivity contribution is -0.111. The molecule has 0 aliphatic carbocycles. The van der Waals surface area contributed by atoms with Crippen LogP contribution in [0.3, 0.4) is 0 Å². The molecule has 0 unspecified atom stereocenters. The van der Waals surface area contributed by atoms with Crippen molar-refractivity contribution < 1.29 is 14.3 Å². The van der Waals surface area contributed by atoms with Crippen molar-refractivity contribution in [3.05, 3.63) is 55.9 Å². The highest BCUT2D eigenvalue weighted by Crippen LogP contribution is 2.33. The Bertz CT molecular complexity index is 959. The number of nitrogens with one attached hydrogen (secondary N) is 1. The summed E-state index contributed by atoms with van der Waals surface area (Å²) in [7, 11) is 0. The number of hydrogen-bond donors (Lipinski definition) is 1. The lowest BCUT2D eigenvalue weighted by Crippen LogP contribution is -2.11. The lowest BCUT2D eigenvalue weighted by atomic mass is 10.1. The van der Waals surface area contributed by atoms with Crippen LogP contribution < -0.4 is 5.32 Å². The van der Waals surface area contributed by atoms with E-state index in [0.717, 1.165) is 11.3 Å². The molecule has 8 heteroatoms. The van der Waals surface area contributed by atoms with Gasteiger partial charge in [-0.1, -0.05) is 29.3 Å². The van der Waals surface area contributed by atoms with E-state index >= 15 is 0 Å². The van der Waals surface area contributed by atoms with E-state index in [1.165, 1.54) is 6.08 Å². The van der Waals surface area contributed by atoms with E-state index in [4.69, 9.17) is 27.9 Å². The molecule has 5 nitrogen and oxygen atoms in total. The Kier molecular flexibility index (Phi) is 7.03. The molecule has 0 atom stereocenters.